The highest BCUT2D eigenvalue weighted by Gasteiger charge is 2.12. The fourth-order valence-corrected chi connectivity index (χ4v) is 2.44. The van der Waals surface area contributed by atoms with Gasteiger partial charge < -0.3 is 0 Å². The van der Waals surface area contributed by atoms with Crippen molar-refractivity contribution in [2.45, 2.75) is 40.2 Å². The van der Waals surface area contributed by atoms with E-state index in [0.717, 1.165) is 31.1 Å². The molecule has 104 valence electrons. The van der Waals surface area contributed by atoms with Gasteiger partial charge in [0, 0.05) is 18.1 Å². The molecule has 0 fully saturated rings. The van der Waals surface area contributed by atoms with Gasteiger partial charge in [-0.3, -0.25) is 4.90 Å². The molecule has 0 aliphatic carbocycles. The summed E-state index contributed by atoms with van der Waals surface area (Å²) in [6.45, 7) is 9.66. The molecule has 1 aromatic rings. The number of hydrogen-bond donors (Lipinski definition) is 0. The van der Waals surface area contributed by atoms with Gasteiger partial charge >= 0.3 is 0 Å². The second-order valence-corrected chi connectivity index (χ2v) is 5.34. The Morgan fingerprint density at radius 3 is 2.42 bits per heavy atom. The standard InChI is InChI=1S/C16H23ClN2/c1-4-13(5-2)11-19(6-3)12-15-8-7-14(10-18)9-16(15)17/h7-9,13H,4-6,11-12H2,1-3H3. The molecule has 3 heteroatoms. The Labute approximate surface area is 122 Å². The van der Waals surface area contributed by atoms with Crippen LogP contribution in [-0.2, 0) is 6.54 Å². The minimum absolute atomic E-state index is 0.622. The summed E-state index contributed by atoms with van der Waals surface area (Å²) in [5.41, 5.74) is 1.73. The van der Waals surface area contributed by atoms with Crippen LogP contribution in [0.15, 0.2) is 18.2 Å². The lowest BCUT2D eigenvalue weighted by molar-refractivity contribution is 0.226. The Hall–Kier alpha value is -1.04. The molecule has 0 saturated carbocycles. The van der Waals surface area contributed by atoms with E-state index in [9.17, 15) is 0 Å². The van der Waals surface area contributed by atoms with Crippen molar-refractivity contribution in [2.75, 3.05) is 13.1 Å². The quantitative estimate of drug-likeness (QED) is 0.736. The van der Waals surface area contributed by atoms with E-state index in [4.69, 9.17) is 16.9 Å². The second kappa shape index (κ2) is 8.19. The molecular weight excluding hydrogens is 256 g/mol. The maximum absolute atomic E-state index is 8.84. The van der Waals surface area contributed by atoms with Gasteiger partial charge in [0.1, 0.15) is 0 Å². The monoisotopic (exact) mass is 278 g/mol. The van der Waals surface area contributed by atoms with Gasteiger partial charge in [-0.05, 0) is 30.2 Å². The predicted molar refractivity (Wildman–Crippen MR) is 81.2 cm³/mol. The predicted octanol–water partition coefficient (Wildman–Crippen LogP) is 4.47. The lowest BCUT2D eigenvalue weighted by atomic mass is 10.0. The fraction of sp³-hybridized carbons (Fsp3) is 0.562. The summed E-state index contributed by atoms with van der Waals surface area (Å²) in [6.07, 6.45) is 2.43. The molecule has 0 spiro atoms. The summed E-state index contributed by atoms with van der Waals surface area (Å²) in [6, 6.07) is 7.67. The first-order valence-electron chi connectivity index (χ1n) is 7.05. The van der Waals surface area contributed by atoms with Crippen LogP contribution >= 0.6 is 11.6 Å². The van der Waals surface area contributed by atoms with Crippen molar-refractivity contribution < 1.29 is 0 Å². The molecule has 19 heavy (non-hydrogen) atoms. The molecular formula is C16H23ClN2. The zero-order chi connectivity index (χ0) is 14.3. The first-order valence-corrected chi connectivity index (χ1v) is 7.43. The SMILES string of the molecule is CCC(CC)CN(CC)Cc1ccc(C#N)cc1Cl. The van der Waals surface area contributed by atoms with Crippen LogP contribution in [0.1, 0.15) is 44.7 Å². The number of halogens is 1. The molecule has 0 unspecified atom stereocenters. The van der Waals surface area contributed by atoms with Gasteiger partial charge in [-0.25, -0.2) is 0 Å². The number of nitriles is 1. The summed E-state index contributed by atoms with van der Waals surface area (Å²) < 4.78 is 0. The zero-order valence-electron chi connectivity index (χ0n) is 12.1. The number of rotatable bonds is 7. The topological polar surface area (TPSA) is 27.0 Å². The highest BCUT2D eigenvalue weighted by molar-refractivity contribution is 6.31. The Morgan fingerprint density at radius 1 is 1.26 bits per heavy atom. The van der Waals surface area contributed by atoms with Gasteiger partial charge in [-0.1, -0.05) is 51.3 Å². The highest BCUT2D eigenvalue weighted by Crippen LogP contribution is 2.20. The molecule has 0 aromatic heterocycles. The number of hydrogen-bond acceptors (Lipinski definition) is 2. The van der Waals surface area contributed by atoms with E-state index in [1.165, 1.54) is 12.8 Å². The molecule has 0 heterocycles. The summed E-state index contributed by atoms with van der Waals surface area (Å²) in [4.78, 5) is 2.42. The van der Waals surface area contributed by atoms with Crippen molar-refractivity contribution in [3.05, 3.63) is 34.3 Å². The van der Waals surface area contributed by atoms with Gasteiger partial charge in [0.15, 0.2) is 0 Å². The highest BCUT2D eigenvalue weighted by atomic mass is 35.5. The van der Waals surface area contributed by atoms with Crippen molar-refractivity contribution in [3.63, 3.8) is 0 Å². The second-order valence-electron chi connectivity index (χ2n) is 4.93. The lowest BCUT2D eigenvalue weighted by Gasteiger charge is -2.25. The Bertz CT molecular complexity index is 433. The van der Waals surface area contributed by atoms with Gasteiger partial charge in [0.05, 0.1) is 11.6 Å². The molecule has 0 aliphatic heterocycles. The van der Waals surface area contributed by atoms with Crippen molar-refractivity contribution in [3.8, 4) is 6.07 Å². The van der Waals surface area contributed by atoms with Crippen LogP contribution < -0.4 is 0 Å². The average molecular weight is 279 g/mol. The lowest BCUT2D eigenvalue weighted by Crippen LogP contribution is -2.28. The third kappa shape index (κ3) is 4.86. The molecule has 0 atom stereocenters. The first-order chi connectivity index (χ1) is 9.14. The molecule has 0 N–H and O–H groups in total. The molecule has 0 amide bonds. The molecule has 0 bridgehead atoms. The molecule has 0 radical (unpaired) electrons. The van der Waals surface area contributed by atoms with Crippen LogP contribution in [0.5, 0.6) is 0 Å². The summed E-state index contributed by atoms with van der Waals surface area (Å²) in [7, 11) is 0. The maximum Gasteiger partial charge on any atom is 0.0992 e. The molecule has 0 saturated heterocycles. The summed E-state index contributed by atoms with van der Waals surface area (Å²) in [5.74, 6) is 0.747. The molecule has 1 aromatic carbocycles. The van der Waals surface area contributed by atoms with Crippen molar-refractivity contribution >= 4 is 11.6 Å². The van der Waals surface area contributed by atoms with Gasteiger partial charge in [0.2, 0.25) is 0 Å². The zero-order valence-corrected chi connectivity index (χ0v) is 12.9. The smallest absolute Gasteiger partial charge is 0.0992 e. The molecule has 1 rings (SSSR count). The molecule has 0 aliphatic rings. The van der Waals surface area contributed by atoms with Crippen LogP contribution in [0.2, 0.25) is 5.02 Å². The van der Waals surface area contributed by atoms with Crippen LogP contribution in [-0.4, -0.2) is 18.0 Å². The molecule has 2 nitrogen and oxygen atoms in total. The van der Waals surface area contributed by atoms with Crippen LogP contribution in [0.4, 0.5) is 0 Å². The van der Waals surface area contributed by atoms with E-state index in [-0.39, 0.29) is 0 Å². The maximum atomic E-state index is 8.84. The Balaban J connectivity index is 2.73. The van der Waals surface area contributed by atoms with E-state index in [2.05, 4.69) is 31.7 Å². The van der Waals surface area contributed by atoms with Gasteiger partial charge in [0.25, 0.3) is 0 Å². The first kappa shape index (κ1) is 16.0. The van der Waals surface area contributed by atoms with Crippen molar-refractivity contribution in [1.29, 1.82) is 5.26 Å². The van der Waals surface area contributed by atoms with E-state index < -0.39 is 0 Å². The third-order valence-corrected chi connectivity index (χ3v) is 4.05. The fourth-order valence-electron chi connectivity index (χ4n) is 2.20. The average Bonchev–Trinajstić information content (AvgIpc) is 2.44. The normalized spacial score (nSPS) is 11.0. The van der Waals surface area contributed by atoms with Crippen molar-refractivity contribution in [2.24, 2.45) is 5.92 Å². The van der Waals surface area contributed by atoms with E-state index in [1.54, 1.807) is 6.07 Å². The largest absolute Gasteiger partial charge is 0.299 e. The van der Waals surface area contributed by atoms with Gasteiger partial charge in [-0.15, -0.1) is 0 Å². The van der Waals surface area contributed by atoms with E-state index >= 15 is 0 Å². The third-order valence-electron chi connectivity index (χ3n) is 3.69. The van der Waals surface area contributed by atoms with Crippen LogP contribution in [0.25, 0.3) is 0 Å². The van der Waals surface area contributed by atoms with Gasteiger partial charge in [-0.2, -0.15) is 5.26 Å². The van der Waals surface area contributed by atoms with Crippen molar-refractivity contribution in [1.82, 2.24) is 4.90 Å². The summed E-state index contributed by atoms with van der Waals surface area (Å²) >= 11 is 6.24. The van der Waals surface area contributed by atoms with Crippen LogP contribution in [0, 0.1) is 17.2 Å². The van der Waals surface area contributed by atoms with E-state index in [0.29, 0.717) is 10.6 Å². The Kier molecular flexibility index (Phi) is 6.91. The Morgan fingerprint density at radius 2 is 1.95 bits per heavy atom. The van der Waals surface area contributed by atoms with Crippen LogP contribution in [0.3, 0.4) is 0 Å². The number of benzene rings is 1. The number of nitrogens with zero attached hydrogens (tertiary/aromatic N) is 2. The van der Waals surface area contributed by atoms with E-state index in [1.807, 2.05) is 12.1 Å². The summed E-state index contributed by atoms with van der Waals surface area (Å²) in [5, 5.41) is 9.54. The minimum atomic E-state index is 0.622. The minimum Gasteiger partial charge on any atom is -0.299 e.